The zero-order valence-electron chi connectivity index (χ0n) is 9.90. The van der Waals surface area contributed by atoms with E-state index < -0.39 is 5.75 Å². The van der Waals surface area contributed by atoms with E-state index in [0.717, 1.165) is 5.56 Å². The Labute approximate surface area is 120 Å². The molecule has 0 saturated heterocycles. The Morgan fingerprint density at radius 3 is 2.21 bits per heavy atom. The maximum Gasteiger partial charge on any atom is 0.200 e. The van der Waals surface area contributed by atoms with E-state index in [1.54, 1.807) is 18.2 Å². The molecule has 0 bridgehead atoms. The van der Waals surface area contributed by atoms with Crippen LogP contribution in [0.5, 0.6) is 17.2 Å². The molecule has 0 amide bonds. The van der Waals surface area contributed by atoms with E-state index in [1.165, 1.54) is 6.07 Å². The summed E-state index contributed by atoms with van der Waals surface area (Å²) in [6.45, 7) is 0. The Kier molecular flexibility index (Phi) is 4.08. The normalized spacial score (nSPS) is 10.6. The monoisotopic (exact) mass is 298 g/mol. The molecule has 0 fully saturated rings. The van der Waals surface area contributed by atoms with Crippen molar-refractivity contribution < 1.29 is 15.3 Å². The fourth-order valence-corrected chi connectivity index (χ4v) is 2.11. The lowest BCUT2D eigenvalue weighted by Crippen LogP contribution is -1.92. The predicted octanol–water partition coefficient (Wildman–Crippen LogP) is 3.90. The molecule has 19 heavy (non-hydrogen) atoms. The molecule has 0 unspecified atom stereocenters. The lowest BCUT2D eigenvalue weighted by molar-refractivity contribution is 0.365. The highest BCUT2D eigenvalue weighted by Gasteiger charge is 2.11. The number of halogens is 2. The van der Waals surface area contributed by atoms with Gasteiger partial charge in [-0.2, -0.15) is 0 Å². The first kappa shape index (κ1) is 13.8. The van der Waals surface area contributed by atoms with Crippen LogP contribution in [0.1, 0.15) is 11.1 Å². The van der Waals surface area contributed by atoms with E-state index in [1.807, 2.05) is 6.07 Å². The molecule has 5 heteroatoms. The first-order valence-electron chi connectivity index (χ1n) is 5.65. The third-order valence-electron chi connectivity index (χ3n) is 2.88. The van der Waals surface area contributed by atoms with Crippen LogP contribution in [0.15, 0.2) is 30.3 Å². The summed E-state index contributed by atoms with van der Waals surface area (Å²) in [5.41, 5.74) is 1.53. The van der Waals surface area contributed by atoms with Crippen LogP contribution < -0.4 is 0 Å². The van der Waals surface area contributed by atoms with Gasteiger partial charge in [0, 0.05) is 0 Å². The number of rotatable bonds is 3. The van der Waals surface area contributed by atoms with Gasteiger partial charge in [-0.15, -0.1) is 0 Å². The van der Waals surface area contributed by atoms with Crippen LogP contribution in [0.4, 0.5) is 0 Å². The number of phenols is 3. The van der Waals surface area contributed by atoms with E-state index in [4.69, 9.17) is 23.2 Å². The minimum Gasteiger partial charge on any atom is -0.504 e. The Morgan fingerprint density at radius 2 is 1.53 bits per heavy atom. The highest BCUT2D eigenvalue weighted by Crippen LogP contribution is 2.37. The largest absolute Gasteiger partial charge is 0.504 e. The summed E-state index contributed by atoms with van der Waals surface area (Å²) in [5, 5.41) is 29.3. The lowest BCUT2D eigenvalue weighted by Gasteiger charge is -2.08. The van der Waals surface area contributed by atoms with Gasteiger partial charge in [0.25, 0.3) is 0 Å². The van der Waals surface area contributed by atoms with Gasteiger partial charge in [0.1, 0.15) is 0 Å². The van der Waals surface area contributed by atoms with Crippen molar-refractivity contribution in [2.75, 3.05) is 0 Å². The molecule has 0 heterocycles. The van der Waals surface area contributed by atoms with Gasteiger partial charge in [0.2, 0.25) is 5.75 Å². The summed E-state index contributed by atoms with van der Waals surface area (Å²) in [6.07, 6.45) is 1.15. The molecule has 0 radical (unpaired) electrons. The first-order chi connectivity index (χ1) is 8.99. The molecule has 0 aliphatic carbocycles. The van der Waals surface area contributed by atoms with Crippen LogP contribution in [0.25, 0.3) is 0 Å². The molecular weight excluding hydrogens is 287 g/mol. The molecule has 2 aromatic rings. The third-order valence-corrected chi connectivity index (χ3v) is 3.62. The van der Waals surface area contributed by atoms with E-state index in [0.29, 0.717) is 28.5 Å². The minimum atomic E-state index is -0.494. The maximum atomic E-state index is 9.70. The Balaban J connectivity index is 2.14. The van der Waals surface area contributed by atoms with Crippen molar-refractivity contribution in [3.63, 3.8) is 0 Å². The molecule has 0 spiro atoms. The third kappa shape index (κ3) is 3.06. The van der Waals surface area contributed by atoms with Gasteiger partial charge in [-0.3, -0.25) is 0 Å². The molecular formula is C14H12Cl2O3. The molecule has 3 N–H and O–H groups in total. The van der Waals surface area contributed by atoms with Crippen molar-refractivity contribution in [3.8, 4) is 17.2 Å². The van der Waals surface area contributed by atoms with Gasteiger partial charge < -0.3 is 15.3 Å². The zero-order valence-corrected chi connectivity index (χ0v) is 11.4. The first-order valence-corrected chi connectivity index (χ1v) is 6.41. The van der Waals surface area contributed by atoms with Gasteiger partial charge in [0.15, 0.2) is 11.5 Å². The minimum absolute atomic E-state index is 0.292. The summed E-state index contributed by atoms with van der Waals surface area (Å²) < 4.78 is 0. The number of hydrogen-bond donors (Lipinski definition) is 3. The zero-order chi connectivity index (χ0) is 14.0. The van der Waals surface area contributed by atoms with Crippen molar-refractivity contribution in [2.24, 2.45) is 0 Å². The second-order valence-corrected chi connectivity index (χ2v) is 5.00. The fraction of sp³-hybridized carbons (Fsp3) is 0.143. The van der Waals surface area contributed by atoms with Gasteiger partial charge in [-0.05, 0) is 42.2 Å². The second kappa shape index (κ2) is 5.59. The number of benzene rings is 2. The molecule has 3 nitrogen and oxygen atoms in total. The Bertz CT molecular complexity index is 612. The van der Waals surface area contributed by atoms with Crippen LogP contribution in [-0.2, 0) is 12.8 Å². The van der Waals surface area contributed by atoms with Crippen LogP contribution in [0, 0.1) is 0 Å². The van der Waals surface area contributed by atoms with E-state index in [2.05, 4.69) is 0 Å². The average molecular weight is 299 g/mol. The molecule has 0 atom stereocenters. The topological polar surface area (TPSA) is 60.7 Å². The number of aryl methyl sites for hydroxylation is 2. The number of phenolic OH excluding ortho intramolecular Hbond substituents is 3. The molecule has 2 rings (SSSR count). The summed E-state index contributed by atoms with van der Waals surface area (Å²) in [4.78, 5) is 0. The predicted molar refractivity (Wildman–Crippen MR) is 75.3 cm³/mol. The summed E-state index contributed by atoms with van der Waals surface area (Å²) in [6, 6.07) is 8.25. The van der Waals surface area contributed by atoms with Crippen molar-refractivity contribution in [3.05, 3.63) is 51.5 Å². The molecule has 100 valence electrons. The molecule has 2 aromatic carbocycles. The van der Waals surface area contributed by atoms with Crippen LogP contribution >= 0.6 is 23.2 Å². The molecule has 0 aromatic heterocycles. The van der Waals surface area contributed by atoms with E-state index >= 15 is 0 Å². The molecule has 0 saturated carbocycles. The SMILES string of the molecule is Oc1ccc(CCc2ccc(Cl)c(Cl)c2)c(O)c1O. The average Bonchev–Trinajstić information content (AvgIpc) is 2.39. The van der Waals surface area contributed by atoms with Crippen LogP contribution in [0.3, 0.4) is 0 Å². The quantitative estimate of drug-likeness (QED) is 0.753. The van der Waals surface area contributed by atoms with Crippen molar-refractivity contribution >= 4 is 23.2 Å². The van der Waals surface area contributed by atoms with Crippen LogP contribution in [-0.4, -0.2) is 15.3 Å². The van der Waals surface area contributed by atoms with Gasteiger partial charge in [-0.25, -0.2) is 0 Å². The highest BCUT2D eigenvalue weighted by molar-refractivity contribution is 6.42. The number of aromatic hydroxyl groups is 3. The van der Waals surface area contributed by atoms with Crippen LogP contribution in [0.2, 0.25) is 10.0 Å². The lowest BCUT2D eigenvalue weighted by atomic mass is 10.0. The maximum absolute atomic E-state index is 9.70. The Hall–Kier alpha value is -1.58. The summed E-state index contributed by atoms with van der Waals surface area (Å²) >= 11 is 11.7. The van der Waals surface area contributed by atoms with Crippen molar-refractivity contribution in [1.29, 1.82) is 0 Å². The molecule has 0 aliphatic rings. The van der Waals surface area contributed by atoms with Gasteiger partial charge in [-0.1, -0.05) is 35.3 Å². The van der Waals surface area contributed by atoms with Crippen molar-refractivity contribution in [2.45, 2.75) is 12.8 Å². The summed E-state index contributed by atoms with van der Waals surface area (Å²) in [5.74, 6) is -1.12. The smallest absolute Gasteiger partial charge is 0.200 e. The molecule has 0 aliphatic heterocycles. The number of hydrogen-bond acceptors (Lipinski definition) is 3. The fourth-order valence-electron chi connectivity index (χ4n) is 1.79. The van der Waals surface area contributed by atoms with Crippen molar-refractivity contribution in [1.82, 2.24) is 0 Å². The van der Waals surface area contributed by atoms with E-state index in [-0.39, 0.29) is 11.5 Å². The summed E-state index contributed by atoms with van der Waals surface area (Å²) in [7, 11) is 0. The second-order valence-electron chi connectivity index (χ2n) is 4.19. The standard InChI is InChI=1S/C14H12Cl2O3/c15-10-5-2-8(7-11(10)16)1-3-9-4-6-12(17)14(19)13(9)18/h2,4-7,17-19H,1,3H2. The van der Waals surface area contributed by atoms with Gasteiger partial charge in [0.05, 0.1) is 10.0 Å². The Morgan fingerprint density at radius 1 is 0.789 bits per heavy atom. The highest BCUT2D eigenvalue weighted by atomic mass is 35.5. The van der Waals surface area contributed by atoms with Gasteiger partial charge >= 0.3 is 0 Å². The van der Waals surface area contributed by atoms with E-state index in [9.17, 15) is 15.3 Å².